The molecule has 0 radical (unpaired) electrons. The molecule has 0 aromatic carbocycles. The highest BCUT2D eigenvalue weighted by atomic mass is 32.1. The first-order valence-corrected chi connectivity index (χ1v) is 8.14. The van der Waals surface area contributed by atoms with E-state index in [1.807, 2.05) is 6.92 Å². The molecule has 7 heteroatoms. The molecule has 1 aliphatic rings. The van der Waals surface area contributed by atoms with Crippen LogP contribution in [0.25, 0.3) is 10.2 Å². The Morgan fingerprint density at radius 3 is 2.86 bits per heavy atom. The zero-order chi connectivity index (χ0) is 14.8. The quantitative estimate of drug-likeness (QED) is 0.667. The van der Waals surface area contributed by atoms with Crippen LogP contribution in [-0.2, 0) is 4.74 Å². The van der Waals surface area contributed by atoms with E-state index in [2.05, 4.69) is 33.3 Å². The van der Waals surface area contributed by atoms with Crippen molar-refractivity contribution in [2.24, 2.45) is 5.84 Å². The Morgan fingerprint density at radius 2 is 2.19 bits per heavy atom. The molecule has 0 bridgehead atoms. The number of thiophene rings is 1. The fraction of sp³-hybridized carbons (Fsp3) is 0.571. The van der Waals surface area contributed by atoms with Gasteiger partial charge in [-0.1, -0.05) is 0 Å². The van der Waals surface area contributed by atoms with Gasteiger partial charge < -0.3 is 9.64 Å². The Bertz CT molecular complexity index is 621. The van der Waals surface area contributed by atoms with Crippen molar-refractivity contribution in [2.45, 2.75) is 32.8 Å². The van der Waals surface area contributed by atoms with Gasteiger partial charge in [0.25, 0.3) is 0 Å². The zero-order valence-electron chi connectivity index (χ0n) is 12.4. The first-order valence-electron chi connectivity index (χ1n) is 7.32. The molecule has 114 valence electrons. The van der Waals surface area contributed by atoms with Crippen LogP contribution in [0.4, 0.5) is 11.8 Å². The molecule has 0 unspecified atom stereocenters. The second-order valence-electron chi connectivity index (χ2n) is 5.23. The predicted molar refractivity (Wildman–Crippen MR) is 86.8 cm³/mol. The van der Waals surface area contributed by atoms with Crippen LogP contribution in [0.15, 0.2) is 6.07 Å². The number of ether oxygens (including phenoxy) is 1. The molecule has 2 aromatic rings. The number of nitrogens with one attached hydrogen (secondary N) is 1. The lowest BCUT2D eigenvalue weighted by atomic mass is 10.1. The SMILES string of the molecule is CCOC1CCN(c2nc(NN)nc3sc(C)cc23)CC1. The van der Waals surface area contributed by atoms with Gasteiger partial charge in [0.1, 0.15) is 10.6 Å². The summed E-state index contributed by atoms with van der Waals surface area (Å²) in [6, 6.07) is 2.16. The zero-order valence-corrected chi connectivity index (χ0v) is 13.2. The van der Waals surface area contributed by atoms with E-state index in [-0.39, 0.29) is 0 Å². The maximum atomic E-state index is 5.71. The molecule has 1 saturated heterocycles. The predicted octanol–water partition coefficient (Wildman–Crippen LogP) is 2.29. The third-order valence-corrected chi connectivity index (χ3v) is 4.71. The Hall–Kier alpha value is -1.44. The minimum atomic E-state index is 0.375. The molecule has 3 N–H and O–H groups in total. The van der Waals surface area contributed by atoms with E-state index < -0.39 is 0 Å². The average molecular weight is 307 g/mol. The molecular formula is C14H21N5OS. The van der Waals surface area contributed by atoms with Crippen LogP contribution in [0, 0.1) is 6.92 Å². The molecule has 2 aromatic heterocycles. The summed E-state index contributed by atoms with van der Waals surface area (Å²) in [6.45, 7) is 6.83. The number of hydrogen-bond acceptors (Lipinski definition) is 7. The lowest BCUT2D eigenvalue weighted by molar-refractivity contribution is 0.0459. The monoisotopic (exact) mass is 307 g/mol. The first-order chi connectivity index (χ1) is 10.2. The van der Waals surface area contributed by atoms with Gasteiger partial charge in [-0.15, -0.1) is 11.3 Å². The van der Waals surface area contributed by atoms with Crippen LogP contribution in [0.3, 0.4) is 0 Å². The van der Waals surface area contributed by atoms with E-state index in [1.165, 1.54) is 4.88 Å². The van der Waals surface area contributed by atoms with Gasteiger partial charge in [-0.2, -0.15) is 4.98 Å². The lowest BCUT2D eigenvalue weighted by Crippen LogP contribution is -2.37. The second-order valence-corrected chi connectivity index (χ2v) is 6.47. The number of hydrazine groups is 1. The topological polar surface area (TPSA) is 76.3 Å². The van der Waals surface area contributed by atoms with Crippen molar-refractivity contribution in [1.82, 2.24) is 9.97 Å². The number of hydrogen-bond donors (Lipinski definition) is 2. The molecule has 0 aliphatic carbocycles. The number of nitrogens with zero attached hydrogens (tertiary/aromatic N) is 3. The van der Waals surface area contributed by atoms with E-state index in [1.54, 1.807) is 11.3 Å². The molecule has 21 heavy (non-hydrogen) atoms. The van der Waals surface area contributed by atoms with Crippen LogP contribution in [0.2, 0.25) is 0 Å². The van der Waals surface area contributed by atoms with Crippen molar-refractivity contribution in [1.29, 1.82) is 0 Å². The maximum absolute atomic E-state index is 5.71. The van der Waals surface area contributed by atoms with Gasteiger partial charge in [0.05, 0.1) is 11.5 Å². The third kappa shape index (κ3) is 2.95. The summed E-state index contributed by atoms with van der Waals surface area (Å²) in [6.07, 6.45) is 2.45. The summed E-state index contributed by atoms with van der Waals surface area (Å²) in [5.41, 5.74) is 2.57. The van der Waals surface area contributed by atoms with Crippen LogP contribution in [0.5, 0.6) is 0 Å². The van der Waals surface area contributed by atoms with Crippen LogP contribution in [-0.4, -0.2) is 35.8 Å². The van der Waals surface area contributed by atoms with Gasteiger partial charge in [0.15, 0.2) is 0 Å². The smallest absolute Gasteiger partial charge is 0.240 e. The fourth-order valence-electron chi connectivity index (χ4n) is 2.80. The summed E-state index contributed by atoms with van der Waals surface area (Å²) in [5.74, 6) is 6.96. The number of fused-ring (bicyclic) bond motifs is 1. The summed E-state index contributed by atoms with van der Waals surface area (Å²) in [7, 11) is 0. The highest BCUT2D eigenvalue weighted by Gasteiger charge is 2.23. The number of nitrogens with two attached hydrogens (primary N) is 1. The maximum Gasteiger partial charge on any atom is 0.240 e. The summed E-state index contributed by atoms with van der Waals surface area (Å²) in [4.78, 5) is 13.5. The molecule has 0 spiro atoms. The molecule has 1 fully saturated rings. The van der Waals surface area contributed by atoms with E-state index in [0.717, 1.165) is 48.6 Å². The molecule has 0 saturated carbocycles. The number of rotatable bonds is 4. The van der Waals surface area contributed by atoms with Gasteiger partial charge in [-0.3, -0.25) is 5.43 Å². The Balaban J connectivity index is 1.89. The van der Waals surface area contributed by atoms with Crippen molar-refractivity contribution >= 4 is 33.3 Å². The highest BCUT2D eigenvalue weighted by Crippen LogP contribution is 2.33. The van der Waals surface area contributed by atoms with E-state index in [9.17, 15) is 0 Å². The Kier molecular flexibility index (Phi) is 4.23. The standard InChI is InChI=1S/C14H21N5OS/c1-3-20-10-4-6-19(7-5-10)12-11-8-9(2)21-13(11)17-14(16-12)18-15/h8,10H,3-7,15H2,1-2H3,(H,16,17,18). The molecule has 0 atom stereocenters. The minimum Gasteiger partial charge on any atom is -0.378 e. The lowest BCUT2D eigenvalue weighted by Gasteiger charge is -2.33. The van der Waals surface area contributed by atoms with E-state index in [4.69, 9.17) is 10.6 Å². The second kappa shape index (κ2) is 6.13. The number of piperidine rings is 1. The number of aryl methyl sites for hydroxylation is 1. The van der Waals surface area contributed by atoms with Crippen molar-refractivity contribution < 1.29 is 4.74 Å². The molecule has 1 aliphatic heterocycles. The fourth-order valence-corrected chi connectivity index (χ4v) is 3.68. The molecule has 6 nitrogen and oxygen atoms in total. The van der Waals surface area contributed by atoms with Crippen molar-refractivity contribution in [2.75, 3.05) is 30.0 Å². The molecular weight excluding hydrogens is 286 g/mol. The van der Waals surface area contributed by atoms with E-state index >= 15 is 0 Å². The average Bonchev–Trinajstić information content (AvgIpc) is 2.87. The molecule has 3 heterocycles. The van der Waals surface area contributed by atoms with Crippen molar-refractivity contribution in [3.63, 3.8) is 0 Å². The number of anilines is 2. The van der Waals surface area contributed by atoms with Crippen molar-refractivity contribution in [3.05, 3.63) is 10.9 Å². The van der Waals surface area contributed by atoms with Crippen molar-refractivity contribution in [3.8, 4) is 0 Å². The molecule has 3 rings (SSSR count). The summed E-state index contributed by atoms with van der Waals surface area (Å²) in [5, 5.41) is 1.12. The van der Waals surface area contributed by atoms with Crippen LogP contribution >= 0.6 is 11.3 Å². The minimum absolute atomic E-state index is 0.375. The first kappa shape index (κ1) is 14.5. The van der Waals surface area contributed by atoms with Gasteiger partial charge in [0.2, 0.25) is 5.95 Å². The number of nitrogen functional groups attached to an aromatic ring is 1. The Morgan fingerprint density at radius 1 is 1.43 bits per heavy atom. The van der Waals surface area contributed by atoms with Crippen LogP contribution < -0.4 is 16.2 Å². The van der Waals surface area contributed by atoms with Gasteiger partial charge in [0, 0.05) is 24.6 Å². The van der Waals surface area contributed by atoms with Gasteiger partial charge in [-0.25, -0.2) is 10.8 Å². The normalized spacial score (nSPS) is 16.6. The van der Waals surface area contributed by atoms with Gasteiger partial charge in [-0.05, 0) is 32.8 Å². The van der Waals surface area contributed by atoms with Crippen LogP contribution in [0.1, 0.15) is 24.6 Å². The Labute approximate surface area is 128 Å². The molecule has 0 amide bonds. The largest absolute Gasteiger partial charge is 0.378 e. The number of aromatic nitrogens is 2. The van der Waals surface area contributed by atoms with E-state index in [0.29, 0.717) is 12.1 Å². The summed E-state index contributed by atoms with van der Waals surface area (Å²) >= 11 is 1.67. The third-order valence-electron chi connectivity index (χ3n) is 3.77. The highest BCUT2D eigenvalue weighted by molar-refractivity contribution is 7.18. The van der Waals surface area contributed by atoms with Gasteiger partial charge >= 0.3 is 0 Å². The summed E-state index contributed by atoms with van der Waals surface area (Å²) < 4.78 is 5.71.